The molecule has 3 rings (SSSR count). The second kappa shape index (κ2) is 6.55. The van der Waals surface area contributed by atoms with Crippen LogP contribution in [-0.2, 0) is 11.8 Å². The van der Waals surface area contributed by atoms with Gasteiger partial charge in [0.05, 0.1) is 13.2 Å². The number of hydrogen-bond donors (Lipinski definition) is 0. The van der Waals surface area contributed by atoms with Crippen LogP contribution in [0.2, 0.25) is 0 Å². The molecule has 0 N–H and O–H groups in total. The largest absolute Gasteiger partial charge is 0.378 e. The Morgan fingerprint density at radius 2 is 1.48 bits per heavy atom. The zero-order valence-electron chi connectivity index (χ0n) is 12.4. The average molecular weight is 281 g/mol. The van der Waals surface area contributed by atoms with Crippen LogP contribution in [-0.4, -0.2) is 26.3 Å². The average Bonchev–Trinajstić information content (AvgIpc) is 2.56. The third-order valence-corrected chi connectivity index (χ3v) is 3.74. The van der Waals surface area contributed by atoms with Gasteiger partial charge in [0.1, 0.15) is 7.05 Å². The summed E-state index contributed by atoms with van der Waals surface area (Å²) in [5.74, 6) is 0. The first kappa shape index (κ1) is 13.8. The lowest BCUT2D eigenvalue weighted by Gasteiger charge is -2.28. The minimum atomic E-state index is 0.826. The summed E-state index contributed by atoms with van der Waals surface area (Å²) in [7, 11) is 2.03. The molecule has 1 aromatic heterocycles. The van der Waals surface area contributed by atoms with Crippen LogP contribution < -0.4 is 9.47 Å². The van der Waals surface area contributed by atoms with E-state index < -0.39 is 0 Å². The highest BCUT2D eigenvalue weighted by molar-refractivity contribution is 5.70. The van der Waals surface area contributed by atoms with Crippen molar-refractivity contribution in [3.05, 3.63) is 59.9 Å². The fourth-order valence-corrected chi connectivity index (χ4v) is 2.43. The van der Waals surface area contributed by atoms with Gasteiger partial charge < -0.3 is 9.64 Å². The molecule has 2 aromatic rings. The quantitative estimate of drug-likeness (QED) is 0.804. The highest BCUT2D eigenvalue weighted by Gasteiger charge is 2.10. The maximum Gasteiger partial charge on any atom is 0.169 e. The van der Waals surface area contributed by atoms with Gasteiger partial charge in [-0.1, -0.05) is 24.3 Å². The summed E-state index contributed by atoms with van der Waals surface area (Å²) in [6.07, 6.45) is 8.41. The van der Waals surface area contributed by atoms with Crippen LogP contribution in [0.4, 0.5) is 5.69 Å². The van der Waals surface area contributed by atoms with Crippen LogP contribution >= 0.6 is 0 Å². The van der Waals surface area contributed by atoms with Crippen molar-refractivity contribution in [2.75, 3.05) is 31.2 Å². The Morgan fingerprint density at radius 3 is 2.10 bits per heavy atom. The van der Waals surface area contributed by atoms with E-state index in [1.807, 2.05) is 11.6 Å². The number of nitrogens with zero attached hydrogens (tertiary/aromatic N) is 2. The molecule has 1 fully saturated rings. The van der Waals surface area contributed by atoms with E-state index in [0.29, 0.717) is 0 Å². The van der Waals surface area contributed by atoms with Gasteiger partial charge in [0, 0.05) is 30.9 Å². The molecule has 1 aromatic carbocycles. The molecular formula is C18H21N2O+. The van der Waals surface area contributed by atoms with Crippen LogP contribution in [0, 0.1) is 0 Å². The summed E-state index contributed by atoms with van der Waals surface area (Å²) in [4.78, 5) is 2.37. The third kappa shape index (κ3) is 3.70. The Bertz CT molecular complexity index is 596. The molecular weight excluding hydrogens is 260 g/mol. The van der Waals surface area contributed by atoms with Gasteiger partial charge in [-0.15, -0.1) is 0 Å². The number of benzene rings is 1. The fraction of sp³-hybridized carbons (Fsp3) is 0.278. The maximum absolute atomic E-state index is 5.39. The number of hydrogen-bond acceptors (Lipinski definition) is 2. The van der Waals surface area contributed by atoms with E-state index >= 15 is 0 Å². The molecule has 0 unspecified atom stereocenters. The Kier molecular flexibility index (Phi) is 4.31. The number of ether oxygens (including phenoxy) is 1. The van der Waals surface area contributed by atoms with E-state index in [1.54, 1.807) is 0 Å². The molecule has 0 spiro atoms. The van der Waals surface area contributed by atoms with Crippen molar-refractivity contribution in [3.8, 4) is 0 Å². The molecule has 0 atom stereocenters. The van der Waals surface area contributed by atoms with Gasteiger partial charge in [0.15, 0.2) is 12.4 Å². The Labute approximate surface area is 126 Å². The summed E-state index contributed by atoms with van der Waals surface area (Å²) in [5, 5.41) is 0. The van der Waals surface area contributed by atoms with E-state index in [0.717, 1.165) is 26.3 Å². The van der Waals surface area contributed by atoms with Crippen molar-refractivity contribution in [2.45, 2.75) is 0 Å². The molecule has 1 aliphatic heterocycles. The van der Waals surface area contributed by atoms with Crippen LogP contribution in [0.3, 0.4) is 0 Å². The fourth-order valence-electron chi connectivity index (χ4n) is 2.43. The third-order valence-electron chi connectivity index (χ3n) is 3.74. The van der Waals surface area contributed by atoms with Crippen LogP contribution in [0.25, 0.3) is 12.2 Å². The van der Waals surface area contributed by atoms with Crippen LogP contribution in [0.1, 0.15) is 11.1 Å². The molecule has 108 valence electrons. The van der Waals surface area contributed by atoms with Gasteiger partial charge in [-0.05, 0) is 23.3 Å². The van der Waals surface area contributed by atoms with Gasteiger partial charge in [-0.3, -0.25) is 0 Å². The van der Waals surface area contributed by atoms with Crippen molar-refractivity contribution < 1.29 is 9.30 Å². The standard InChI is InChI=1S/C18H21N2O/c1-19-10-8-17(9-11-19)3-2-16-4-6-18(7-5-16)20-12-14-21-15-13-20/h2-11H,12-15H2,1H3/q+1. The first-order chi connectivity index (χ1) is 10.3. The summed E-state index contributed by atoms with van der Waals surface area (Å²) in [6.45, 7) is 3.62. The van der Waals surface area contributed by atoms with Gasteiger partial charge >= 0.3 is 0 Å². The lowest BCUT2D eigenvalue weighted by molar-refractivity contribution is -0.671. The predicted molar refractivity (Wildman–Crippen MR) is 86.0 cm³/mol. The Balaban J connectivity index is 1.67. The molecule has 2 heterocycles. The van der Waals surface area contributed by atoms with Gasteiger partial charge in [0.25, 0.3) is 0 Å². The smallest absolute Gasteiger partial charge is 0.169 e. The normalized spacial score (nSPS) is 15.6. The maximum atomic E-state index is 5.39. The molecule has 0 radical (unpaired) electrons. The van der Waals surface area contributed by atoms with Gasteiger partial charge in [-0.2, -0.15) is 0 Å². The molecule has 21 heavy (non-hydrogen) atoms. The van der Waals surface area contributed by atoms with Gasteiger partial charge in [-0.25, -0.2) is 4.57 Å². The van der Waals surface area contributed by atoms with Crippen LogP contribution in [0.15, 0.2) is 48.8 Å². The van der Waals surface area contributed by atoms with E-state index in [9.17, 15) is 0 Å². The number of rotatable bonds is 3. The molecule has 0 bridgehead atoms. The lowest BCUT2D eigenvalue weighted by Crippen LogP contribution is -2.36. The second-order valence-corrected chi connectivity index (χ2v) is 5.32. The molecule has 3 nitrogen and oxygen atoms in total. The predicted octanol–water partition coefficient (Wildman–Crippen LogP) is 2.52. The summed E-state index contributed by atoms with van der Waals surface area (Å²) in [6, 6.07) is 12.9. The van der Waals surface area contributed by atoms with Crippen molar-refractivity contribution in [2.24, 2.45) is 7.05 Å². The van der Waals surface area contributed by atoms with E-state index in [1.165, 1.54) is 16.8 Å². The SMILES string of the molecule is C[n+]1ccc(C=Cc2ccc(N3CCOCC3)cc2)cc1. The van der Waals surface area contributed by atoms with Crippen molar-refractivity contribution in [1.29, 1.82) is 0 Å². The highest BCUT2D eigenvalue weighted by atomic mass is 16.5. The summed E-state index contributed by atoms with van der Waals surface area (Å²) < 4.78 is 7.42. The molecule has 0 amide bonds. The monoisotopic (exact) mass is 281 g/mol. The van der Waals surface area contributed by atoms with Crippen molar-refractivity contribution >= 4 is 17.8 Å². The number of anilines is 1. The Morgan fingerprint density at radius 1 is 0.905 bits per heavy atom. The second-order valence-electron chi connectivity index (χ2n) is 5.32. The topological polar surface area (TPSA) is 16.4 Å². The van der Waals surface area contributed by atoms with Crippen molar-refractivity contribution in [3.63, 3.8) is 0 Å². The minimum absolute atomic E-state index is 0.826. The van der Waals surface area contributed by atoms with Crippen LogP contribution in [0.5, 0.6) is 0 Å². The van der Waals surface area contributed by atoms with E-state index in [4.69, 9.17) is 4.74 Å². The van der Waals surface area contributed by atoms with Crippen molar-refractivity contribution in [1.82, 2.24) is 0 Å². The zero-order valence-corrected chi connectivity index (χ0v) is 12.4. The number of aromatic nitrogens is 1. The molecule has 1 saturated heterocycles. The summed E-state index contributed by atoms with van der Waals surface area (Å²) >= 11 is 0. The van der Waals surface area contributed by atoms with Gasteiger partial charge in [0.2, 0.25) is 0 Å². The molecule has 3 heteroatoms. The number of aryl methyl sites for hydroxylation is 1. The number of pyridine rings is 1. The molecule has 1 aliphatic rings. The molecule has 0 saturated carbocycles. The van der Waals surface area contributed by atoms with E-state index in [2.05, 4.69) is 65.8 Å². The summed E-state index contributed by atoms with van der Waals surface area (Å²) in [5.41, 5.74) is 3.72. The zero-order chi connectivity index (χ0) is 14.5. The first-order valence-electron chi connectivity index (χ1n) is 7.37. The minimum Gasteiger partial charge on any atom is -0.378 e. The molecule has 0 aliphatic carbocycles. The lowest BCUT2D eigenvalue weighted by atomic mass is 10.1. The first-order valence-corrected chi connectivity index (χ1v) is 7.37. The number of morpholine rings is 1. The highest BCUT2D eigenvalue weighted by Crippen LogP contribution is 2.17. The van der Waals surface area contributed by atoms with E-state index in [-0.39, 0.29) is 0 Å². The Hall–Kier alpha value is -2.13.